The molecular formula is C23H16O2. The van der Waals surface area contributed by atoms with E-state index in [-0.39, 0.29) is 5.56 Å². The second-order valence-corrected chi connectivity index (χ2v) is 5.44. The minimum atomic E-state index is -0.933. The van der Waals surface area contributed by atoms with Crippen molar-refractivity contribution in [3.05, 3.63) is 102 Å². The van der Waals surface area contributed by atoms with Crippen molar-refractivity contribution in [1.29, 1.82) is 0 Å². The molecule has 0 aliphatic rings. The van der Waals surface area contributed by atoms with Crippen molar-refractivity contribution in [3.63, 3.8) is 0 Å². The molecule has 0 fully saturated rings. The zero-order chi connectivity index (χ0) is 17.5. The van der Waals surface area contributed by atoms with Crippen LogP contribution >= 0.6 is 0 Å². The zero-order valence-corrected chi connectivity index (χ0v) is 13.5. The Morgan fingerprint density at radius 3 is 2.24 bits per heavy atom. The molecule has 0 aliphatic heterocycles. The lowest BCUT2D eigenvalue weighted by atomic mass is 9.99. The molecule has 3 aromatic rings. The molecule has 0 saturated carbocycles. The number of rotatable bonds is 3. The molecule has 0 heterocycles. The van der Waals surface area contributed by atoms with Gasteiger partial charge in [-0.3, -0.25) is 0 Å². The van der Waals surface area contributed by atoms with Gasteiger partial charge in [0.2, 0.25) is 0 Å². The number of hydrogen-bond acceptors (Lipinski definition) is 1. The maximum Gasteiger partial charge on any atom is 0.335 e. The van der Waals surface area contributed by atoms with E-state index in [1.807, 2.05) is 42.5 Å². The van der Waals surface area contributed by atoms with Gasteiger partial charge in [0, 0.05) is 5.56 Å². The summed E-state index contributed by atoms with van der Waals surface area (Å²) in [7, 11) is 0. The van der Waals surface area contributed by atoms with Crippen LogP contribution in [0.5, 0.6) is 0 Å². The number of allylic oxidation sites excluding steroid dienone is 1. The van der Waals surface area contributed by atoms with Gasteiger partial charge < -0.3 is 5.11 Å². The predicted octanol–water partition coefficient (Wildman–Crippen LogP) is 5.12. The Morgan fingerprint density at radius 1 is 0.840 bits per heavy atom. The highest BCUT2D eigenvalue weighted by atomic mass is 16.4. The standard InChI is InChI=1S/C23H16O2/c24-23(25)21-16-14-18(15-17-21)8-4-5-11-20-12-6-7-13-22(20)19-9-2-1-3-10-19/h1-3,5-7,9-17H,(H,24,25)/b11-5+. The highest BCUT2D eigenvalue weighted by Crippen LogP contribution is 2.24. The molecule has 0 atom stereocenters. The number of hydrogen-bond donors (Lipinski definition) is 1. The average Bonchev–Trinajstić information content (AvgIpc) is 2.66. The van der Waals surface area contributed by atoms with E-state index in [1.165, 1.54) is 5.56 Å². The fourth-order valence-electron chi connectivity index (χ4n) is 2.48. The molecule has 0 aliphatic carbocycles. The van der Waals surface area contributed by atoms with E-state index in [2.05, 4.69) is 36.1 Å². The van der Waals surface area contributed by atoms with Gasteiger partial charge in [0.1, 0.15) is 0 Å². The first-order valence-corrected chi connectivity index (χ1v) is 7.90. The monoisotopic (exact) mass is 324 g/mol. The van der Waals surface area contributed by atoms with Crippen molar-refractivity contribution in [2.24, 2.45) is 0 Å². The van der Waals surface area contributed by atoms with Crippen LogP contribution in [0.15, 0.2) is 84.9 Å². The first-order chi connectivity index (χ1) is 12.2. The third kappa shape index (κ3) is 4.25. The van der Waals surface area contributed by atoms with E-state index in [0.717, 1.165) is 16.7 Å². The number of carboxylic acid groups (broad SMARTS) is 1. The fraction of sp³-hybridized carbons (Fsp3) is 0. The normalized spacial score (nSPS) is 10.2. The molecule has 0 bridgehead atoms. The molecule has 25 heavy (non-hydrogen) atoms. The highest BCUT2D eigenvalue weighted by molar-refractivity contribution is 5.87. The lowest BCUT2D eigenvalue weighted by molar-refractivity contribution is 0.0697. The lowest BCUT2D eigenvalue weighted by Crippen LogP contribution is -1.94. The van der Waals surface area contributed by atoms with Gasteiger partial charge in [-0.1, -0.05) is 66.4 Å². The third-order valence-corrected chi connectivity index (χ3v) is 3.74. The molecule has 0 spiro atoms. The molecule has 0 radical (unpaired) electrons. The summed E-state index contributed by atoms with van der Waals surface area (Å²) in [6, 6.07) is 24.9. The maximum atomic E-state index is 10.8. The highest BCUT2D eigenvalue weighted by Gasteiger charge is 2.01. The summed E-state index contributed by atoms with van der Waals surface area (Å²) in [6.45, 7) is 0. The molecule has 0 saturated heterocycles. The van der Waals surface area contributed by atoms with Crippen LogP contribution in [-0.4, -0.2) is 11.1 Å². The molecule has 2 heteroatoms. The van der Waals surface area contributed by atoms with Gasteiger partial charge in [0.15, 0.2) is 0 Å². The second-order valence-electron chi connectivity index (χ2n) is 5.44. The van der Waals surface area contributed by atoms with E-state index in [4.69, 9.17) is 5.11 Å². The van der Waals surface area contributed by atoms with Crippen LogP contribution in [0.1, 0.15) is 21.5 Å². The minimum absolute atomic E-state index is 0.262. The van der Waals surface area contributed by atoms with Crippen LogP contribution in [0.3, 0.4) is 0 Å². The third-order valence-electron chi connectivity index (χ3n) is 3.74. The number of carboxylic acids is 1. The molecule has 2 nitrogen and oxygen atoms in total. The first kappa shape index (κ1) is 16.3. The Balaban J connectivity index is 1.79. The van der Waals surface area contributed by atoms with Gasteiger partial charge in [0.05, 0.1) is 5.56 Å². The summed E-state index contributed by atoms with van der Waals surface area (Å²) >= 11 is 0. The summed E-state index contributed by atoms with van der Waals surface area (Å²) in [4.78, 5) is 10.8. The zero-order valence-electron chi connectivity index (χ0n) is 13.5. The molecule has 3 rings (SSSR count). The van der Waals surface area contributed by atoms with Crippen LogP contribution in [-0.2, 0) is 0 Å². The molecule has 120 valence electrons. The van der Waals surface area contributed by atoms with E-state index in [1.54, 1.807) is 24.3 Å². The summed E-state index contributed by atoms with van der Waals surface area (Å²) in [5.74, 6) is 5.08. The van der Waals surface area contributed by atoms with Crippen LogP contribution in [0, 0.1) is 11.8 Å². The maximum absolute atomic E-state index is 10.8. The average molecular weight is 324 g/mol. The van der Waals surface area contributed by atoms with Crippen LogP contribution in [0.2, 0.25) is 0 Å². The smallest absolute Gasteiger partial charge is 0.335 e. The number of aromatic carboxylic acids is 1. The Bertz CT molecular complexity index is 956. The lowest BCUT2D eigenvalue weighted by Gasteiger charge is -2.05. The Kier molecular flexibility index (Phi) is 5.09. The Labute approximate surface area is 147 Å². The van der Waals surface area contributed by atoms with E-state index in [9.17, 15) is 4.79 Å². The molecule has 0 unspecified atom stereocenters. The van der Waals surface area contributed by atoms with Gasteiger partial charge in [-0.15, -0.1) is 0 Å². The van der Waals surface area contributed by atoms with Gasteiger partial charge in [-0.05, 0) is 53.1 Å². The van der Waals surface area contributed by atoms with Crippen molar-refractivity contribution < 1.29 is 9.90 Å². The van der Waals surface area contributed by atoms with Crippen molar-refractivity contribution in [2.75, 3.05) is 0 Å². The van der Waals surface area contributed by atoms with Crippen LogP contribution in [0.25, 0.3) is 17.2 Å². The van der Waals surface area contributed by atoms with Crippen LogP contribution in [0.4, 0.5) is 0 Å². The largest absolute Gasteiger partial charge is 0.478 e. The number of carbonyl (C=O) groups is 1. The van der Waals surface area contributed by atoms with E-state index in [0.29, 0.717) is 0 Å². The second kappa shape index (κ2) is 7.81. The number of benzene rings is 3. The molecule has 0 amide bonds. The minimum Gasteiger partial charge on any atom is -0.478 e. The Morgan fingerprint density at radius 2 is 1.52 bits per heavy atom. The van der Waals surface area contributed by atoms with Gasteiger partial charge in [-0.25, -0.2) is 4.79 Å². The fourth-order valence-corrected chi connectivity index (χ4v) is 2.48. The van der Waals surface area contributed by atoms with Gasteiger partial charge in [-0.2, -0.15) is 0 Å². The van der Waals surface area contributed by atoms with Crippen molar-refractivity contribution >= 4 is 12.0 Å². The van der Waals surface area contributed by atoms with Crippen LogP contribution < -0.4 is 0 Å². The van der Waals surface area contributed by atoms with Crippen molar-refractivity contribution in [2.45, 2.75) is 0 Å². The van der Waals surface area contributed by atoms with E-state index < -0.39 is 5.97 Å². The molecule has 3 aromatic carbocycles. The Hall–Kier alpha value is -3.57. The summed E-state index contributed by atoms with van der Waals surface area (Å²) < 4.78 is 0. The summed E-state index contributed by atoms with van der Waals surface area (Å²) in [5.41, 5.74) is 4.47. The summed E-state index contributed by atoms with van der Waals surface area (Å²) in [6.07, 6.45) is 3.80. The topological polar surface area (TPSA) is 37.3 Å². The van der Waals surface area contributed by atoms with Crippen molar-refractivity contribution in [3.8, 4) is 23.0 Å². The van der Waals surface area contributed by atoms with Gasteiger partial charge >= 0.3 is 5.97 Å². The van der Waals surface area contributed by atoms with Crippen molar-refractivity contribution in [1.82, 2.24) is 0 Å². The summed E-state index contributed by atoms with van der Waals surface area (Å²) in [5, 5.41) is 8.89. The molecule has 1 N–H and O–H groups in total. The van der Waals surface area contributed by atoms with E-state index >= 15 is 0 Å². The van der Waals surface area contributed by atoms with Gasteiger partial charge in [0.25, 0.3) is 0 Å². The molecular weight excluding hydrogens is 308 g/mol. The first-order valence-electron chi connectivity index (χ1n) is 7.90. The molecule has 0 aromatic heterocycles. The SMILES string of the molecule is O=C(O)c1ccc(C#C/C=C/c2ccccc2-c2ccccc2)cc1. The quantitative estimate of drug-likeness (QED) is 0.679. The predicted molar refractivity (Wildman–Crippen MR) is 101 cm³/mol.